The third kappa shape index (κ3) is 4.62. The first-order valence-electron chi connectivity index (χ1n) is 8.55. The summed E-state index contributed by atoms with van der Waals surface area (Å²) in [5.74, 6) is -0.0352. The van der Waals surface area contributed by atoms with Gasteiger partial charge >= 0.3 is 6.18 Å². The van der Waals surface area contributed by atoms with Crippen molar-refractivity contribution in [2.75, 3.05) is 6.61 Å². The number of ether oxygens (including phenoxy) is 1. The summed E-state index contributed by atoms with van der Waals surface area (Å²) in [6.07, 6.45) is 0.914. The number of alkyl halides is 3. The number of aromatic nitrogens is 3. The van der Waals surface area contributed by atoms with E-state index in [1.165, 1.54) is 6.20 Å². The van der Waals surface area contributed by atoms with E-state index in [1.54, 1.807) is 19.1 Å². The van der Waals surface area contributed by atoms with Gasteiger partial charge < -0.3 is 4.74 Å². The molecule has 0 bridgehead atoms. The van der Waals surface area contributed by atoms with Gasteiger partial charge in [-0.3, -0.25) is 9.89 Å². The first-order chi connectivity index (χ1) is 12.3. The van der Waals surface area contributed by atoms with E-state index >= 15 is 0 Å². The monoisotopic (exact) mass is 367 g/mol. The van der Waals surface area contributed by atoms with Crippen LogP contribution in [-0.2, 0) is 6.42 Å². The lowest BCUT2D eigenvalue weighted by Gasteiger charge is -2.17. The molecule has 1 N–H and O–H groups in total. The zero-order valence-electron chi connectivity index (χ0n) is 14.4. The van der Waals surface area contributed by atoms with Gasteiger partial charge in [0.2, 0.25) is 5.88 Å². The van der Waals surface area contributed by atoms with Crippen LogP contribution in [0.3, 0.4) is 0 Å². The number of Topliss-reactive ketones (excluding diaryl/α,β-unsaturated/α-hetero) is 1. The molecular formula is C18H20F3N3O2. The molecular weight excluding hydrogens is 347 g/mol. The number of aryl methyl sites for hydroxylation is 1. The summed E-state index contributed by atoms with van der Waals surface area (Å²) in [6, 6.07) is 3.42. The van der Waals surface area contributed by atoms with Crippen molar-refractivity contribution in [3.8, 4) is 5.88 Å². The highest BCUT2D eigenvalue weighted by Gasteiger charge is 2.30. The number of rotatable bonds is 6. The van der Waals surface area contributed by atoms with Crippen LogP contribution in [0, 0.1) is 6.92 Å². The summed E-state index contributed by atoms with van der Waals surface area (Å²) in [4.78, 5) is 16.4. The van der Waals surface area contributed by atoms with Gasteiger partial charge in [-0.05, 0) is 43.4 Å². The number of hydrogen-bond donors (Lipinski definition) is 1. The molecule has 3 rings (SSSR count). The maximum atomic E-state index is 12.5. The van der Waals surface area contributed by atoms with Gasteiger partial charge in [-0.15, -0.1) is 0 Å². The van der Waals surface area contributed by atoms with Gasteiger partial charge in [-0.1, -0.05) is 12.8 Å². The first-order valence-corrected chi connectivity index (χ1v) is 8.55. The van der Waals surface area contributed by atoms with Crippen molar-refractivity contribution in [3.05, 3.63) is 40.8 Å². The third-order valence-corrected chi connectivity index (χ3v) is 4.46. The molecule has 0 spiro atoms. The Hall–Kier alpha value is -2.38. The lowest BCUT2D eigenvalue weighted by Crippen LogP contribution is -2.20. The molecule has 1 aliphatic carbocycles. The molecule has 0 aromatic carbocycles. The van der Waals surface area contributed by atoms with Crippen LogP contribution in [0.25, 0.3) is 0 Å². The summed E-state index contributed by atoms with van der Waals surface area (Å²) in [6.45, 7) is 0.431. The van der Waals surface area contributed by atoms with Gasteiger partial charge in [-0.2, -0.15) is 18.3 Å². The molecule has 2 aromatic rings. The van der Waals surface area contributed by atoms with Crippen LogP contribution in [0.2, 0.25) is 0 Å². The number of carbonyl (C=O) groups excluding carboxylic acids is 1. The number of aromatic amines is 1. The van der Waals surface area contributed by atoms with Crippen molar-refractivity contribution >= 4 is 5.78 Å². The molecule has 140 valence electrons. The number of carbonyl (C=O) groups is 1. The maximum absolute atomic E-state index is 12.5. The fourth-order valence-electron chi connectivity index (χ4n) is 3.25. The van der Waals surface area contributed by atoms with E-state index in [0.29, 0.717) is 16.8 Å². The van der Waals surface area contributed by atoms with E-state index in [2.05, 4.69) is 15.2 Å². The maximum Gasteiger partial charge on any atom is 0.422 e. The second-order valence-corrected chi connectivity index (χ2v) is 6.66. The zero-order valence-corrected chi connectivity index (χ0v) is 14.4. The van der Waals surface area contributed by atoms with Gasteiger partial charge in [-0.25, -0.2) is 4.98 Å². The van der Waals surface area contributed by atoms with E-state index in [1.807, 2.05) is 0 Å². The Morgan fingerprint density at radius 1 is 1.31 bits per heavy atom. The Bertz CT molecular complexity index is 780. The smallest absolute Gasteiger partial charge is 0.422 e. The highest BCUT2D eigenvalue weighted by molar-refractivity contribution is 5.95. The summed E-state index contributed by atoms with van der Waals surface area (Å²) >= 11 is 0. The minimum absolute atomic E-state index is 0.0148. The molecule has 2 heterocycles. The molecule has 5 nitrogen and oxygen atoms in total. The molecule has 26 heavy (non-hydrogen) atoms. The van der Waals surface area contributed by atoms with Crippen molar-refractivity contribution in [1.82, 2.24) is 15.2 Å². The number of nitrogens with zero attached hydrogens (tertiary/aromatic N) is 2. The molecule has 2 aromatic heterocycles. The highest BCUT2D eigenvalue weighted by Crippen LogP contribution is 2.38. The van der Waals surface area contributed by atoms with Crippen LogP contribution in [-0.4, -0.2) is 33.7 Å². The fourth-order valence-corrected chi connectivity index (χ4v) is 3.25. The van der Waals surface area contributed by atoms with Crippen molar-refractivity contribution in [3.63, 3.8) is 0 Å². The number of ketones is 1. The van der Waals surface area contributed by atoms with Crippen LogP contribution >= 0.6 is 0 Å². The van der Waals surface area contributed by atoms with Gasteiger partial charge in [0.15, 0.2) is 12.4 Å². The molecule has 0 aliphatic heterocycles. The Labute approximate surface area is 149 Å². The normalized spacial score (nSPS) is 15.4. The molecule has 1 saturated carbocycles. The largest absolute Gasteiger partial charge is 0.468 e. The Kier molecular flexibility index (Phi) is 5.29. The van der Waals surface area contributed by atoms with Crippen molar-refractivity contribution in [2.24, 2.45) is 0 Å². The third-order valence-electron chi connectivity index (χ3n) is 4.46. The van der Waals surface area contributed by atoms with E-state index in [-0.39, 0.29) is 24.0 Å². The second kappa shape index (κ2) is 7.47. The fraction of sp³-hybridized carbons (Fsp3) is 0.500. The van der Waals surface area contributed by atoms with Gasteiger partial charge in [0.05, 0.1) is 0 Å². The Morgan fingerprint density at radius 3 is 2.65 bits per heavy atom. The van der Waals surface area contributed by atoms with Gasteiger partial charge in [0.1, 0.15) is 5.69 Å². The van der Waals surface area contributed by atoms with Crippen molar-refractivity contribution in [2.45, 2.75) is 51.1 Å². The minimum atomic E-state index is -4.42. The van der Waals surface area contributed by atoms with Crippen LogP contribution in [0.5, 0.6) is 5.88 Å². The summed E-state index contributed by atoms with van der Waals surface area (Å²) < 4.78 is 42.4. The molecule has 0 unspecified atom stereocenters. The number of hydrogen-bond acceptors (Lipinski definition) is 4. The zero-order chi connectivity index (χ0) is 18.7. The topological polar surface area (TPSA) is 67.9 Å². The quantitative estimate of drug-likeness (QED) is 0.780. The van der Waals surface area contributed by atoms with E-state index < -0.39 is 12.8 Å². The second-order valence-electron chi connectivity index (χ2n) is 6.66. The molecule has 8 heteroatoms. The van der Waals surface area contributed by atoms with Gasteiger partial charge in [0, 0.05) is 23.9 Å². The molecule has 0 radical (unpaired) electrons. The molecule has 0 atom stereocenters. The molecule has 1 aliphatic rings. The Balaban J connectivity index is 1.80. The summed E-state index contributed by atoms with van der Waals surface area (Å²) in [5.41, 5.74) is 2.43. The van der Waals surface area contributed by atoms with Crippen LogP contribution < -0.4 is 4.74 Å². The molecule has 0 saturated heterocycles. The standard InChI is InChI=1S/C18H20F3N3O2/c1-11-6-15(24-23-11)16(25)8-12-7-14(13-4-2-3-5-13)17(22-9-12)26-10-18(19,20)21/h6-7,9,13H,2-5,8,10H2,1H3,(H,23,24). The minimum Gasteiger partial charge on any atom is -0.468 e. The van der Waals surface area contributed by atoms with Crippen LogP contribution in [0.4, 0.5) is 13.2 Å². The predicted molar refractivity (Wildman–Crippen MR) is 88.4 cm³/mol. The number of pyridine rings is 1. The summed E-state index contributed by atoms with van der Waals surface area (Å²) in [5, 5.41) is 6.66. The van der Waals surface area contributed by atoms with E-state index in [9.17, 15) is 18.0 Å². The van der Waals surface area contributed by atoms with Crippen LogP contribution in [0.1, 0.15) is 58.9 Å². The number of nitrogens with one attached hydrogen (secondary N) is 1. The summed E-state index contributed by atoms with van der Waals surface area (Å²) in [7, 11) is 0. The Morgan fingerprint density at radius 2 is 2.04 bits per heavy atom. The number of H-pyrrole nitrogens is 1. The molecule has 1 fully saturated rings. The van der Waals surface area contributed by atoms with Crippen molar-refractivity contribution < 1.29 is 22.7 Å². The average molecular weight is 367 g/mol. The van der Waals surface area contributed by atoms with E-state index in [0.717, 1.165) is 31.4 Å². The highest BCUT2D eigenvalue weighted by atomic mass is 19.4. The predicted octanol–water partition coefficient (Wildman–Crippen LogP) is 4.14. The SMILES string of the molecule is Cc1cc(C(=O)Cc2cnc(OCC(F)(F)F)c(C3CCCC3)c2)n[nH]1. The van der Waals surface area contributed by atoms with Crippen molar-refractivity contribution in [1.29, 1.82) is 0 Å². The number of halogens is 3. The lowest BCUT2D eigenvalue weighted by molar-refractivity contribution is -0.154. The first kappa shape index (κ1) is 18.4. The average Bonchev–Trinajstić information content (AvgIpc) is 3.24. The lowest BCUT2D eigenvalue weighted by atomic mass is 9.96. The van der Waals surface area contributed by atoms with Gasteiger partial charge in [0.25, 0.3) is 0 Å². The van der Waals surface area contributed by atoms with Crippen LogP contribution in [0.15, 0.2) is 18.3 Å². The van der Waals surface area contributed by atoms with E-state index in [4.69, 9.17) is 4.74 Å². The molecule has 0 amide bonds.